The number of benzene rings is 1. The van der Waals surface area contributed by atoms with Gasteiger partial charge in [0.1, 0.15) is 0 Å². The van der Waals surface area contributed by atoms with Crippen LogP contribution in [0.4, 0.5) is 0 Å². The number of aliphatic imine (C=N–C) groups is 1. The van der Waals surface area contributed by atoms with Crippen LogP contribution in [0.25, 0.3) is 0 Å². The van der Waals surface area contributed by atoms with Gasteiger partial charge in [0.15, 0.2) is 5.96 Å². The highest BCUT2D eigenvalue weighted by Crippen LogP contribution is 2.21. The van der Waals surface area contributed by atoms with Crippen LogP contribution in [0, 0.1) is 0 Å². The molecule has 0 aliphatic carbocycles. The lowest BCUT2D eigenvalue weighted by Crippen LogP contribution is -2.52. The molecule has 0 bridgehead atoms. The Morgan fingerprint density at radius 3 is 2.64 bits per heavy atom. The molecule has 2 unspecified atom stereocenters. The predicted octanol–water partition coefficient (Wildman–Crippen LogP) is 3.35. The molecule has 2 N–H and O–H groups in total. The summed E-state index contributed by atoms with van der Waals surface area (Å²) in [6, 6.07) is 11.8. The molecule has 5 heteroatoms. The summed E-state index contributed by atoms with van der Waals surface area (Å²) in [5.74, 6) is 0.927. The highest BCUT2D eigenvalue weighted by molar-refractivity contribution is 7.99. The maximum Gasteiger partial charge on any atom is 0.191 e. The molecule has 25 heavy (non-hydrogen) atoms. The summed E-state index contributed by atoms with van der Waals surface area (Å²) in [6.07, 6.45) is 4.46. The third kappa shape index (κ3) is 6.55. The number of piperidine rings is 1. The van der Waals surface area contributed by atoms with Crippen molar-refractivity contribution in [3.8, 4) is 0 Å². The van der Waals surface area contributed by atoms with Gasteiger partial charge in [-0.1, -0.05) is 30.3 Å². The summed E-state index contributed by atoms with van der Waals surface area (Å²) < 4.78 is 0.212. The number of thioether (sulfide) groups is 1. The van der Waals surface area contributed by atoms with Gasteiger partial charge in [-0.3, -0.25) is 9.89 Å². The summed E-state index contributed by atoms with van der Waals surface area (Å²) in [6.45, 7) is 9.93. The number of nitrogens with zero attached hydrogens (tertiary/aromatic N) is 2. The Balaban J connectivity index is 1.81. The topological polar surface area (TPSA) is 39.7 Å². The van der Waals surface area contributed by atoms with Crippen molar-refractivity contribution in [1.82, 2.24) is 15.5 Å². The van der Waals surface area contributed by atoms with E-state index in [0.717, 1.165) is 38.4 Å². The minimum absolute atomic E-state index is 0.212. The molecule has 1 aliphatic heterocycles. The first-order valence-electron chi connectivity index (χ1n) is 9.24. The van der Waals surface area contributed by atoms with Gasteiger partial charge in [0.2, 0.25) is 0 Å². The number of hydrogen-bond acceptors (Lipinski definition) is 3. The van der Waals surface area contributed by atoms with Crippen LogP contribution in [-0.2, 0) is 6.54 Å². The third-order valence-corrected chi connectivity index (χ3v) is 6.29. The molecule has 0 aromatic heterocycles. The SMILES string of the molecule is CN=C(NCC(C)(C)SC)NC1CCN(Cc2ccccc2)C(C)C1. The second-order valence-electron chi connectivity index (χ2n) is 7.56. The Bertz CT molecular complexity index is 544. The number of guanidine groups is 1. The molecule has 1 aromatic carbocycles. The van der Waals surface area contributed by atoms with Crippen LogP contribution in [0.3, 0.4) is 0 Å². The van der Waals surface area contributed by atoms with Gasteiger partial charge in [0.05, 0.1) is 0 Å². The van der Waals surface area contributed by atoms with E-state index in [1.165, 1.54) is 5.56 Å². The molecular formula is C20H34N4S. The molecule has 1 fully saturated rings. The molecule has 0 radical (unpaired) electrons. The average molecular weight is 363 g/mol. The van der Waals surface area contributed by atoms with E-state index in [9.17, 15) is 0 Å². The molecule has 2 rings (SSSR count). The quantitative estimate of drug-likeness (QED) is 0.601. The highest BCUT2D eigenvalue weighted by atomic mass is 32.2. The molecular weight excluding hydrogens is 328 g/mol. The Labute approximate surface area is 157 Å². The maximum atomic E-state index is 4.40. The van der Waals surface area contributed by atoms with Crippen molar-refractivity contribution in [3.05, 3.63) is 35.9 Å². The van der Waals surface area contributed by atoms with Crippen molar-refractivity contribution >= 4 is 17.7 Å². The van der Waals surface area contributed by atoms with E-state index in [4.69, 9.17) is 0 Å². The van der Waals surface area contributed by atoms with Crippen molar-refractivity contribution in [3.63, 3.8) is 0 Å². The van der Waals surface area contributed by atoms with E-state index in [2.05, 4.69) is 77.9 Å². The van der Waals surface area contributed by atoms with Crippen molar-refractivity contribution in [2.75, 3.05) is 26.4 Å². The third-order valence-electron chi connectivity index (χ3n) is 5.04. The van der Waals surface area contributed by atoms with Crippen LogP contribution in [-0.4, -0.2) is 54.1 Å². The summed E-state index contributed by atoms with van der Waals surface area (Å²) in [7, 11) is 1.86. The largest absolute Gasteiger partial charge is 0.355 e. The van der Waals surface area contributed by atoms with E-state index in [1.807, 2.05) is 18.8 Å². The fourth-order valence-electron chi connectivity index (χ4n) is 3.16. The minimum atomic E-state index is 0.212. The Kier molecular flexibility index (Phi) is 7.63. The first-order chi connectivity index (χ1) is 11.9. The van der Waals surface area contributed by atoms with Crippen molar-refractivity contribution in [2.24, 2.45) is 4.99 Å². The van der Waals surface area contributed by atoms with Crippen LogP contribution in [0.2, 0.25) is 0 Å². The number of rotatable bonds is 6. The van der Waals surface area contributed by atoms with Crippen molar-refractivity contribution < 1.29 is 0 Å². The highest BCUT2D eigenvalue weighted by Gasteiger charge is 2.26. The molecule has 1 aromatic rings. The summed E-state index contributed by atoms with van der Waals surface area (Å²) in [4.78, 5) is 6.99. The number of hydrogen-bond donors (Lipinski definition) is 2. The van der Waals surface area contributed by atoms with Gasteiger partial charge < -0.3 is 10.6 Å². The van der Waals surface area contributed by atoms with Gasteiger partial charge in [-0.25, -0.2) is 0 Å². The van der Waals surface area contributed by atoms with E-state index in [-0.39, 0.29) is 4.75 Å². The second kappa shape index (κ2) is 9.48. The van der Waals surface area contributed by atoms with E-state index in [1.54, 1.807) is 0 Å². The van der Waals surface area contributed by atoms with Gasteiger partial charge in [-0.2, -0.15) is 11.8 Å². The standard InChI is InChI=1S/C20H34N4S/c1-16-13-18(23-19(21-4)22-15-20(2,3)25-5)11-12-24(16)14-17-9-7-6-8-10-17/h6-10,16,18H,11-15H2,1-5H3,(H2,21,22,23). The molecule has 2 atom stereocenters. The zero-order chi connectivity index (χ0) is 18.3. The monoisotopic (exact) mass is 362 g/mol. The van der Waals surface area contributed by atoms with Crippen LogP contribution in [0.15, 0.2) is 35.3 Å². The van der Waals surface area contributed by atoms with E-state index >= 15 is 0 Å². The van der Waals surface area contributed by atoms with Crippen LogP contribution < -0.4 is 10.6 Å². The predicted molar refractivity (Wildman–Crippen MR) is 111 cm³/mol. The summed E-state index contributed by atoms with van der Waals surface area (Å²) in [5, 5.41) is 7.10. The normalized spacial score (nSPS) is 22.7. The Morgan fingerprint density at radius 1 is 1.32 bits per heavy atom. The fourth-order valence-corrected chi connectivity index (χ4v) is 3.38. The van der Waals surface area contributed by atoms with Gasteiger partial charge in [0, 0.05) is 43.5 Å². The van der Waals surface area contributed by atoms with Crippen molar-refractivity contribution in [1.29, 1.82) is 0 Å². The van der Waals surface area contributed by atoms with Gasteiger partial charge in [0.25, 0.3) is 0 Å². The zero-order valence-corrected chi connectivity index (χ0v) is 17.2. The lowest BCUT2D eigenvalue weighted by Gasteiger charge is -2.38. The second-order valence-corrected chi connectivity index (χ2v) is 9.07. The van der Waals surface area contributed by atoms with Gasteiger partial charge in [-0.15, -0.1) is 0 Å². The fraction of sp³-hybridized carbons (Fsp3) is 0.650. The molecule has 1 saturated heterocycles. The molecule has 1 heterocycles. The average Bonchev–Trinajstić information content (AvgIpc) is 2.61. The summed E-state index contributed by atoms with van der Waals surface area (Å²) >= 11 is 1.88. The minimum Gasteiger partial charge on any atom is -0.355 e. The molecule has 0 spiro atoms. The van der Waals surface area contributed by atoms with Crippen LogP contribution >= 0.6 is 11.8 Å². The van der Waals surface area contributed by atoms with Crippen LogP contribution in [0.1, 0.15) is 39.2 Å². The number of nitrogens with one attached hydrogen (secondary N) is 2. The van der Waals surface area contributed by atoms with Gasteiger partial charge >= 0.3 is 0 Å². The zero-order valence-electron chi connectivity index (χ0n) is 16.4. The molecule has 0 amide bonds. The maximum absolute atomic E-state index is 4.40. The molecule has 140 valence electrons. The molecule has 4 nitrogen and oxygen atoms in total. The lowest BCUT2D eigenvalue weighted by molar-refractivity contribution is 0.134. The molecule has 1 aliphatic rings. The van der Waals surface area contributed by atoms with Crippen LogP contribution in [0.5, 0.6) is 0 Å². The Morgan fingerprint density at radius 2 is 2.04 bits per heavy atom. The summed E-state index contributed by atoms with van der Waals surface area (Å²) in [5.41, 5.74) is 1.40. The molecule has 0 saturated carbocycles. The Hall–Kier alpha value is -1.20. The van der Waals surface area contributed by atoms with E-state index < -0.39 is 0 Å². The number of likely N-dealkylation sites (tertiary alicyclic amines) is 1. The first-order valence-corrected chi connectivity index (χ1v) is 10.5. The lowest BCUT2D eigenvalue weighted by atomic mass is 9.97. The first kappa shape index (κ1) is 20.1. The smallest absolute Gasteiger partial charge is 0.191 e. The van der Waals surface area contributed by atoms with Gasteiger partial charge in [-0.05, 0) is 45.4 Å². The van der Waals surface area contributed by atoms with Crippen molar-refractivity contribution in [2.45, 2.75) is 57.0 Å². The van der Waals surface area contributed by atoms with E-state index in [0.29, 0.717) is 12.1 Å².